The zero-order chi connectivity index (χ0) is 19.4. The average Bonchev–Trinajstić information content (AvgIpc) is 2.56. The van der Waals surface area contributed by atoms with Gasteiger partial charge in [0.15, 0.2) is 0 Å². The van der Waals surface area contributed by atoms with Crippen LogP contribution in [0.15, 0.2) is 0 Å². The molecule has 6 nitrogen and oxygen atoms in total. The number of likely N-dealkylation sites (N-methyl/N-ethyl adjacent to an activating group) is 3. The summed E-state index contributed by atoms with van der Waals surface area (Å²) in [5.41, 5.74) is 0. The summed E-state index contributed by atoms with van der Waals surface area (Å²) in [6.07, 6.45) is 6.39. The van der Waals surface area contributed by atoms with Crippen LogP contribution in [0.25, 0.3) is 0 Å². The minimum atomic E-state index is 0.328. The Morgan fingerprint density at radius 1 is 0.519 bits per heavy atom. The zero-order valence-corrected chi connectivity index (χ0v) is 18.1. The molecule has 0 spiro atoms. The second-order valence-electron chi connectivity index (χ2n) is 9.34. The fraction of sp³-hybridized carbons (Fsp3) is 1.00. The van der Waals surface area contributed by atoms with Crippen LogP contribution in [0.3, 0.4) is 0 Å². The van der Waals surface area contributed by atoms with Crippen molar-refractivity contribution in [3.05, 3.63) is 0 Å². The van der Waals surface area contributed by atoms with Crippen LogP contribution in [0, 0.1) is 0 Å². The van der Waals surface area contributed by atoms with E-state index in [1.807, 2.05) is 0 Å². The third kappa shape index (κ3) is 6.94. The van der Waals surface area contributed by atoms with Crippen molar-refractivity contribution in [3.63, 3.8) is 0 Å². The molecule has 0 aromatic rings. The number of morpholine rings is 3. The Morgan fingerprint density at radius 2 is 0.815 bits per heavy atom. The van der Waals surface area contributed by atoms with Crippen LogP contribution >= 0.6 is 0 Å². The molecule has 6 atom stereocenters. The van der Waals surface area contributed by atoms with E-state index in [0.29, 0.717) is 36.6 Å². The van der Waals surface area contributed by atoms with E-state index >= 15 is 0 Å². The van der Waals surface area contributed by atoms with Gasteiger partial charge in [-0.1, -0.05) is 0 Å². The summed E-state index contributed by atoms with van der Waals surface area (Å²) in [7, 11) is 6.61. The van der Waals surface area contributed by atoms with E-state index < -0.39 is 0 Å². The zero-order valence-electron chi connectivity index (χ0n) is 18.1. The van der Waals surface area contributed by atoms with Crippen molar-refractivity contribution < 1.29 is 14.2 Å². The quantitative estimate of drug-likeness (QED) is 0.695. The van der Waals surface area contributed by atoms with Gasteiger partial charge >= 0.3 is 0 Å². The standard InChI is InChI=1S/C21H41N3O3/c1-16-10-22(3)12-18(25-16)6-8-20-14-24(5)15-21(27-20)9-7-19-13-23(4)11-17(2)26-19/h16-21H,6-15H2,1-5H3/t16-,17?,18-,19?,20-,21+/m0/s1. The SMILES string of the molecule is CC1CN(C)CC(CC[C@@H]2CN(C)C[C@H](CC[C@H]3CN(C)C[C@H](C)O3)O2)O1. The Morgan fingerprint density at radius 3 is 1.15 bits per heavy atom. The van der Waals surface area contributed by atoms with Gasteiger partial charge in [-0.05, 0) is 60.7 Å². The van der Waals surface area contributed by atoms with Gasteiger partial charge in [0, 0.05) is 39.3 Å². The molecule has 0 amide bonds. The highest BCUT2D eigenvalue weighted by Gasteiger charge is 2.30. The van der Waals surface area contributed by atoms with Crippen molar-refractivity contribution in [2.24, 2.45) is 0 Å². The van der Waals surface area contributed by atoms with Crippen molar-refractivity contribution in [2.75, 3.05) is 60.4 Å². The lowest BCUT2D eigenvalue weighted by Crippen LogP contribution is -2.48. The molecule has 3 saturated heterocycles. The van der Waals surface area contributed by atoms with Gasteiger partial charge in [-0.2, -0.15) is 0 Å². The number of hydrogen-bond donors (Lipinski definition) is 0. The molecular formula is C21H41N3O3. The van der Waals surface area contributed by atoms with Gasteiger partial charge in [0.2, 0.25) is 0 Å². The van der Waals surface area contributed by atoms with Crippen molar-refractivity contribution in [2.45, 2.75) is 76.2 Å². The maximum absolute atomic E-state index is 6.47. The highest BCUT2D eigenvalue weighted by Crippen LogP contribution is 2.23. The van der Waals surface area contributed by atoms with Crippen LogP contribution in [-0.4, -0.2) is 112 Å². The minimum Gasteiger partial charge on any atom is -0.373 e. The Hall–Kier alpha value is -0.240. The summed E-state index contributed by atoms with van der Waals surface area (Å²) in [6.45, 7) is 10.6. The fourth-order valence-electron chi connectivity index (χ4n) is 5.06. The summed E-state index contributed by atoms with van der Waals surface area (Å²) in [4.78, 5) is 7.21. The van der Waals surface area contributed by atoms with Crippen LogP contribution in [0.2, 0.25) is 0 Å². The Balaban J connectivity index is 1.41. The first-order valence-electron chi connectivity index (χ1n) is 10.9. The molecule has 0 aromatic carbocycles. The van der Waals surface area contributed by atoms with Gasteiger partial charge < -0.3 is 28.9 Å². The molecular weight excluding hydrogens is 342 g/mol. The number of rotatable bonds is 6. The lowest BCUT2D eigenvalue weighted by Gasteiger charge is -2.39. The Labute approximate surface area is 166 Å². The molecule has 27 heavy (non-hydrogen) atoms. The molecule has 3 heterocycles. The second kappa shape index (κ2) is 9.99. The van der Waals surface area contributed by atoms with E-state index in [1.165, 1.54) is 0 Å². The molecule has 3 aliphatic rings. The highest BCUT2D eigenvalue weighted by molar-refractivity contribution is 4.81. The predicted octanol–water partition coefficient (Wildman–Crippen LogP) is 1.68. The van der Waals surface area contributed by atoms with Gasteiger partial charge in [0.05, 0.1) is 36.6 Å². The Kier molecular flexibility index (Phi) is 7.94. The molecule has 2 unspecified atom stereocenters. The first-order chi connectivity index (χ1) is 12.9. The summed E-state index contributed by atoms with van der Waals surface area (Å²) < 4.78 is 18.7. The summed E-state index contributed by atoms with van der Waals surface area (Å²) in [5.74, 6) is 0. The van der Waals surface area contributed by atoms with Crippen LogP contribution in [0.4, 0.5) is 0 Å². The number of ether oxygens (including phenoxy) is 3. The van der Waals surface area contributed by atoms with Gasteiger partial charge in [0.25, 0.3) is 0 Å². The Bertz CT molecular complexity index is 394. The number of hydrogen-bond acceptors (Lipinski definition) is 6. The van der Waals surface area contributed by atoms with Crippen LogP contribution in [0.1, 0.15) is 39.5 Å². The molecule has 0 radical (unpaired) electrons. The largest absolute Gasteiger partial charge is 0.373 e. The van der Waals surface area contributed by atoms with Crippen molar-refractivity contribution >= 4 is 0 Å². The first kappa shape index (κ1) is 21.5. The smallest absolute Gasteiger partial charge is 0.0707 e. The molecule has 0 aliphatic carbocycles. The van der Waals surface area contributed by atoms with E-state index in [1.54, 1.807) is 0 Å². The summed E-state index contributed by atoms with van der Waals surface area (Å²) >= 11 is 0. The third-order valence-electron chi connectivity index (χ3n) is 6.05. The van der Waals surface area contributed by atoms with Gasteiger partial charge in [-0.15, -0.1) is 0 Å². The van der Waals surface area contributed by atoms with Gasteiger partial charge in [-0.3, -0.25) is 0 Å². The molecule has 0 bridgehead atoms. The van der Waals surface area contributed by atoms with Crippen LogP contribution < -0.4 is 0 Å². The number of nitrogens with zero attached hydrogens (tertiary/aromatic N) is 3. The topological polar surface area (TPSA) is 37.4 Å². The molecule has 3 rings (SSSR count). The maximum Gasteiger partial charge on any atom is 0.0707 e. The van der Waals surface area contributed by atoms with Crippen molar-refractivity contribution in [1.82, 2.24) is 14.7 Å². The fourth-order valence-corrected chi connectivity index (χ4v) is 5.06. The summed E-state index contributed by atoms with van der Waals surface area (Å²) in [6, 6.07) is 0. The lowest BCUT2D eigenvalue weighted by atomic mass is 10.0. The van der Waals surface area contributed by atoms with Crippen LogP contribution in [-0.2, 0) is 14.2 Å². The van der Waals surface area contributed by atoms with Crippen molar-refractivity contribution in [3.8, 4) is 0 Å². The third-order valence-corrected chi connectivity index (χ3v) is 6.05. The molecule has 6 heteroatoms. The van der Waals surface area contributed by atoms with Gasteiger partial charge in [-0.25, -0.2) is 0 Å². The van der Waals surface area contributed by atoms with E-state index in [0.717, 1.165) is 65.0 Å². The molecule has 158 valence electrons. The van der Waals surface area contributed by atoms with Crippen LogP contribution in [0.5, 0.6) is 0 Å². The molecule has 0 N–H and O–H groups in total. The monoisotopic (exact) mass is 383 g/mol. The highest BCUT2D eigenvalue weighted by atomic mass is 16.5. The normalized spacial score (nSPS) is 40.3. The van der Waals surface area contributed by atoms with E-state index in [2.05, 4.69) is 49.7 Å². The van der Waals surface area contributed by atoms with E-state index in [9.17, 15) is 0 Å². The molecule has 0 aromatic heterocycles. The van der Waals surface area contributed by atoms with Crippen molar-refractivity contribution in [1.29, 1.82) is 0 Å². The lowest BCUT2D eigenvalue weighted by molar-refractivity contribution is -0.113. The molecule has 3 fully saturated rings. The average molecular weight is 384 g/mol. The van der Waals surface area contributed by atoms with Gasteiger partial charge in [0.1, 0.15) is 0 Å². The molecule has 0 saturated carbocycles. The minimum absolute atomic E-state index is 0.328. The predicted molar refractivity (Wildman–Crippen MR) is 108 cm³/mol. The molecule has 3 aliphatic heterocycles. The van der Waals surface area contributed by atoms with E-state index in [4.69, 9.17) is 14.2 Å². The second-order valence-corrected chi connectivity index (χ2v) is 9.34. The first-order valence-corrected chi connectivity index (χ1v) is 10.9. The summed E-state index contributed by atoms with van der Waals surface area (Å²) in [5, 5.41) is 0. The maximum atomic E-state index is 6.47. The van der Waals surface area contributed by atoms with E-state index in [-0.39, 0.29) is 0 Å².